The molecule has 0 unspecified atom stereocenters. The van der Waals surface area contributed by atoms with Crippen molar-refractivity contribution >= 4 is 17.7 Å². The number of hydrogen-bond acceptors (Lipinski definition) is 7. The highest BCUT2D eigenvalue weighted by atomic mass is 16.6. The van der Waals surface area contributed by atoms with E-state index in [2.05, 4.69) is 15.2 Å². The van der Waals surface area contributed by atoms with E-state index in [1.54, 1.807) is 29.3 Å². The minimum absolute atomic E-state index is 0.143. The Bertz CT molecular complexity index is 1060. The number of benzene rings is 1. The molecule has 9 heteroatoms. The van der Waals surface area contributed by atoms with Gasteiger partial charge in [-0.05, 0) is 18.2 Å². The van der Waals surface area contributed by atoms with E-state index in [1.165, 1.54) is 14.2 Å². The Hall–Kier alpha value is -3.75. The number of ether oxygens (including phenoxy) is 3. The van der Waals surface area contributed by atoms with E-state index >= 15 is 0 Å². The molecule has 0 radical (unpaired) electrons. The summed E-state index contributed by atoms with van der Waals surface area (Å²) in [5.41, 5.74) is 1.57. The molecule has 0 bridgehead atoms. The summed E-state index contributed by atoms with van der Waals surface area (Å²) in [6.45, 7) is 0.118. The predicted octanol–water partition coefficient (Wildman–Crippen LogP) is 2.56. The van der Waals surface area contributed by atoms with Crippen molar-refractivity contribution in [1.29, 1.82) is 0 Å². The fraction of sp³-hybridized carbons (Fsp3) is 0.286. The van der Waals surface area contributed by atoms with Gasteiger partial charge >= 0.3 is 5.97 Å². The standard InChI is InChI=1S/C21H21N3O6/c1-27-17-7-3-6-14(20(17)30-12-19(26)28-2)15-9-18(25)23-21-16(15)10-22-24(21)11-13-5-4-8-29-13/h3-8,10,15H,9,11-12H2,1-2H3,(H,23,25)/t15-/m0/s1. The lowest BCUT2D eigenvalue weighted by Gasteiger charge is -2.26. The van der Waals surface area contributed by atoms with Gasteiger partial charge in [-0.25, -0.2) is 9.48 Å². The van der Waals surface area contributed by atoms with Crippen LogP contribution < -0.4 is 14.8 Å². The molecule has 0 fully saturated rings. The third-order valence-corrected chi connectivity index (χ3v) is 4.94. The molecule has 0 spiro atoms. The smallest absolute Gasteiger partial charge is 0.343 e. The molecule has 1 aliphatic rings. The van der Waals surface area contributed by atoms with Gasteiger partial charge in [0.15, 0.2) is 18.1 Å². The lowest BCUT2D eigenvalue weighted by Crippen LogP contribution is -2.25. The van der Waals surface area contributed by atoms with Crippen LogP contribution in [-0.2, 0) is 20.9 Å². The van der Waals surface area contributed by atoms with E-state index in [1.807, 2.05) is 18.2 Å². The number of carbonyl (C=O) groups excluding carboxylic acids is 2. The Morgan fingerprint density at radius 1 is 1.27 bits per heavy atom. The van der Waals surface area contributed by atoms with Crippen molar-refractivity contribution in [3.63, 3.8) is 0 Å². The molecule has 1 aromatic carbocycles. The van der Waals surface area contributed by atoms with Gasteiger partial charge in [0.1, 0.15) is 18.1 Å². The number of rotatable bonds is 7. The number of fused-ring (bicyclic) bond motifs is 1. The van der Waals surface area contributed by atoms with E-state index < -0.39 is 5.97 Å². The van der Waals surface area contributed by atoms with Crippen molar-refractivity contribution in [2.45, 2.75) is 18.9 Å². The zero-order chi connectivity index (χ0) is 21.1. The fourth-order valence-corrected chi connectivity index (χ4v) is 3.53. The summed E-state index contributed by atoms with van der Waals surface area (Å²) in [7, 11) is 2.81. The first kappa shape index (κ1) is 19.6. The number of furan rings is 1. The van der Waals surface area contributed by atoms with Crippen LogP contribution in [0.2, 0.25) is 0 Å². The van der Waals surface area contributed by atoms with Crippen molar-refractivity contribution in [3.8, 4) is 11.5 Å². The average Bonchev–Trinajstić information content (AvgIpc) is 3.41. The summed E-state index contributed by atoms with van der Waals surface area (Å²) in [5, 5.41) is 7.34. The van der Waals surface area contributed by atoms with E-state index in [-0.39, 0.29) is 24.9 Å². The van der Waals surface area contributed by atoms with Crippen molar-refractivity contribution < 1.29 is 28.2 Å². The summed E-state index contributed by atoms with van der Waals surface area (Å²) in [6.07, 6.45) is 3.53. The quantitative estimate of drug-likeness (QED) is 0.596. The minimum Gasteiger partial charge on any atom is -0.493 e. The predicted molar refractivity (Wildman–Crippen MR) is 106 cm³/mol. The van der Waals surface area contributed by atoms with Gasteiger partial charge in [-0.1, -0.05) is 12.1 Å². The first-order chi connectivity index (χ1) is 14.6. The third kappa shape index (κ3) is 3.73. The highest BCUT2D eigenvalue weighted by Gasteiger charge is 2.33. The van der Waals surface area contributed by atoms with E-state index in [0.717, 1.165) is 16.9 Å². The Morgan fingerprint density at radius 2 is 2.13 bits per heavy atom. The summed E-state index contributed by atoms with van der Waals surface area (Å²) >= 11 is 0. The Labute approximate surface area is 172 Å². The molecule has 3 heterocycles. The topological polar surface area (TPSA) is 105 Å². The molecule has 4 rings (SSSR count). The number of anilines is 1. The molecule has 2 aromatic heterocycles. The molecule has 156 valence electrons. The molecular formula is C21H21N3O6. The van der Waals surface area contributed by atoms with Gasteiger partial charge in [-0.2, -0.15) is 5.10 Å². The maximum atomic E-state index is 12.5. The van der Waals surface area contributed by atoms with Gasteiger partial charge in [0.25, 0.3) is 0 Å². The molecule has 3 aromatic rings. The van der Waals surface area contributed by atoms with Gasteiger partial charge in [-0.15, -0.1) is 0 Å². The normalized spacial score (nSPS) is 15.3. The molecule has 1 aliphatic heterocycles. The van der Waals surface area contributed by atoms with Crippen LogP contribution in [0.5, 0.6) is 11.5 Å². The fourth-order valence-electron chi connectivity index (χ4n) is 3.53. The van der Waals surface area contributed by atoms with Crippen molar-refractivity contribution in [1.82, 2.24) is 9.78 Å². The summed E-state index contributed by atoms with van der Waals surface area (Å²) in [6, 6.07) is 9.05. The second-order valence-electron chi connectivity index (χ2n) is 6.73. The number of nitrogens with zero attached hydrogens (tertiary/aromatic N) is 2. The highest BCUT2D eigenvalue weighted by Crippen LogP contribution is 2.44. The van der Waals surface area contributed by atoms with Crippen LogP contribution in [0, 0.1) is 0 Å². The van der Waals surface area contributed by atoms with Crippen LogP contribution in [0.15, 0.2) is 47.2 Å². The maximum Gasteiger partial charge on any atom is 0.343 e. The molecule has 9 nitrogen and oxygen atoms in total. The Morgan fingerprint density at radius 3 is 2.87 bits per heavy atom. The molecule has 1 atom stereocenters. The van der Waals surface area contributed by atoms with Crippen LogP contribution in [-0.4, -0.2) is 42.5 Å². The minimum atomic E-state index is -0.514. The Kier molecular flexibility index (Phi) is 5.42. The summed E-state index contributed by atoms with van der Waals surface area (Å²) in [4.78, 5) is 24.1. The van der Waals surface area contributed by atoms with Crippen LogP contribution in [0.1, 0.15) is 29.2 Å². The first-order valence-corrected chi connectivity index (χ1v) is 9.35. The number of methoxy groups -OCH3 is 2. The number of amides is 1. The van der Waals surface area contributed by atoms with Crippen molar-refractivity contribution in [3.05, 3.63) is 59.7 Å². The van der Waals surface area contributed by atoms with Gasteiger partial charge in [0.05, 0.1) is 26.7 Å². The number of para-hydroxylation sites is 1. The molecule has 0 aliphatic carbocycles. The third-order valence-electron chi connectivity index (χ3n) is 4.94. The van der Waals surface area contributed by atoms with Gasteiger partial charge in [-0.3, -0.25) is 4.79 Å². The number of carbonyl (C=O) groups is 2. The van der Waals surface area contributed by atoms with Crippen molar-refractivity contribution in [2.24, 2.45) is 0 Å². The maximum absolute atomic E-state index is 12.5. The first-order valence-electron chi connectivity index (χ1n) is 9.35. The average molecular weight is 411 g/mol. The molecule has 0 saturated carbocycles. The van der Waals surface area contributed by atoms with Gasteiger partial charge in [0.2, 0.25) is 5.91 Å². The number of aromatic nitrogens is 2. The van der Waals surface area contributed by atoms with Crippen molar-refractivity contribution in [2.75, 3.05) is 26.1 Å². The van der Waals surface area contributed by atoms with Crippen LogP contribution in [0.3, 0.4) is 0 Å². The van der Waals surface area contributed by atoms with Crippen LogP contribution in [0.25, 0.3) is 0 Å². The molecule has 0 saturated heterocycles. The second-order valence-corrected chi connectivity index (χ2v) is 6.73. The zero-order valence-electron chi connectivity index (χ0n) is 16.6. The van der Waals surface area contributed by atoms with Gasteiger partial charge in [0, 0.05) is 23.5 Å². The molecule has 1 N–H and O–H groups in total. The monoisotopic (exact) mass is 411 g/mol. The lowest BCUT2D eigenvalue weighted by atomic mass is 9.86. The van der Waals surface area contributed by atoms with Gasteiger partial charge < -0.3 is 23.9 Å². The summed E-state index contributed by atoms with van der Waals surface area (Å²) in [5.74, 6) is 1.22. The summed E-state index contributed by atoms with van der Waals surface area (Å²) < 4.78 is 22.9. The SMILES string of the molecule is COC(=O)COc1c(OC)cccc1[C@@H]1CC(=O)Nc2c1cnn2Cc1ccco1. The number of nitrogens with one attached hydrogen (secondary N) is 1. The molecule has 1 amide bonds. The van der Waals surface area contributed by atoms with E-state index in [9.17, 15) is 9.59 Å². The molecule has 30 heavy (non-hydrogen) atoms. The lowest BCUT2D eigenvalue weighted by molar-refractivity contribution is -0.143. The second kappa shape index (κ2) is 8.32. The Balaban J connectivity index is 1.72. The van der Waals surface area contributed by atoms with Crippen LogP contribution in [0.4, 0.5) is 5.82 Å². The number of esters is 1. The molecular weight excluding hydrogens is 390 g/mol. The largest absolute Gasteiger partial charge is 0.493 e. The van der Waals surface area contributed by atoms with E-state index in [0.29, 0.717) is 23.9 Å². The highest BCUT2D eigenvalue weighted by molar-refractivity contribution is 5.94. The van der Waals surface area contributed by atoms with Crippen LogP contribution >= 0.6 is 0 Å². The van der Waals surface area contributed by atoms with E-state index in [4.69, 9.17) is 13.9 Å². The number of hydrogen-bond donors (Lipinski definition) is 1. The zero-order valence-corrected chi connectivity index (χ0v) is 16.6.